The van der Waals surface area contributed by atoms with E-state index in [1.807, 2.05) is 18.2 Å². The maximum absolute atomic E-state index is 13.4. The number of anilines is 1. The molecular weight excluding hydrogens is 468 g/mol. The highest BCUT2D eigenvalue weighted by Gasteiger charge is 2.45. The fourth-order valence-corrected chi connectivity index (χ4v) is 6.70. The molecule has 0 radical (unpaired) electrons. The summed E-state index contributed by atoms with van der Waals surface area (Å²) in [4.78, 5) is 18.3. The number of benzene rings is 4. The highest BCUT2D eigenvalue weighted by molar-refractivity contribution is 6.24. The molecule has 1 atom stereocenters. The van der Waals surface area contributed by atoms with E-state index < -0.39 is 0 Å². The van der Waals surface area contributed by atoms with Gasteiger partial charge in [-0.3, -0.25) is 9.79 Å². The van der Waals surface area contributed by atoms with E-state index in [0.717, 1.165) is 17.1 Å². The maximum Gasteiger partial charge on any atom is 0.196 e. The number of nitrogens with one attached hydrogen (secondary N) is 1. The topological polar surface area (TPSA) is 61.7 Å². The number of hydrogen-bond acceptors (Lipinski definition) is 4. The first-order valence-electron chi connectivity index (χ1n) is 13.3. The van der Waals surface area contributed by atoms with Crippen LogP contribution in [0.1, 0.15) is 45.2 Å². The minimum Gasteiger partial charge on any atom is -0.507 e. The molecule has 4 nitrogen and oxygen atoms in total. The molecule has 2 heterocycles. The Labute approximate surface area is 222 Å². The van der Waals surface area contributed by atoms with Gasteiger partial charge in [-0.15, -0.1) is 0 Å². The summed E-state index contributed by atoms with van der Waals surface area (Å²) in [6.45, 7) is 8.71. The van der Waals surface area contributed by atoms with Crippen LogP contribution < -0.4 is 5.32 Å². The zero-order valence-corrected chi connectivity index (χ0v) is 22.1. The van der Waals surface area contributed by atoms with Gasteiger partial charge in [0.1, 0.15) is 5.76 Å². The van der Waals surface area contributed by atoms with Crippen LogP contribution in [0.5, 0.6) is 0 Å². The standard InChI is InChI=1S/C34H30N2O2/c1-33(2)27(35-25-15-13-19-9-5-7-11-21(19)29(25)33)17-23-31(37)24(32(23)38)18-28-34(3,4)30-22-12-8-6-10-20(22)14-16-26(30)36-28/h5-17,28,36-37H,18H2,1-4H3/b23-17+. The largest absolute Gasteiger partial charge is 0.507 e. The van der Waals surface area contributed by atoms with Crippen LogP contribution in [0.15, 0.2) is 101 Å². The van der Waals surface area contributed by atoms with E-state index in [4.69, 9.17) is 4.99 Å². The Morgan fingerprint density at radius 3 is 2.18 bits per heavy atom. The molecule has 0 bridgehead atoms. The number of fused-ring (bicyclic) bond motifs is 6. The van der Waals surface area contributed by atoms with Gasteiger partial charge in [0.05, 0.1) is 17.0 Å². The van der Waals surface area contributed by atoms with Gasteiger partial charge >= 0.3 is 0 Å². The normalized spacial score (nSPS) is 21.9. The van der Waals surface area contributed by atoms with Crippen LogP contribution in [0.25, 0.3) is 21.5 Å². The summed E-state index contributed by atoms with van der Waals surface area (Å²) in [5.41, 5.74) is 5.55. The molecule has 0 spiro atoms. The number of nitrogens with zero attached hydrogens (tertiary/aromatic N) is 1. The van der Waals surface area contributed by atoms with Gasteiger partial charge in [-0.05, 0) is 50.9 Å². The van der Waals surface area contributed by atoms with Crippen molar-refractivity contribution < 1.29 is 9.90 Å². The van der Waals surface area contributed by atoms with E-state index in [9.17, 15) is 9.90 Å². The first kappa shape index (κ1) is 23.0. The average molecular weight is 499 g/mol. The van der Waals surface area contributed by atoms with E-state index >= 15 is 0 Å². The second-order valence-electron chi connectivity index (χ2n) is 11.8. The lowest BCUT2D eigenvalue weighted by Gasteiger charge is -2.32. The number of aliphatic imine (C=N–C) groups is 1. The second kappa shape index (κ2) is 7.67. The third-order valence-corrected chi connectivity index (χ3v) is 8.94. The van der Waals surface area contributed by atoms with Crippen LogP contribution in [0.4, 0.5) is 11.4 Å². The number of Topliss-reactive ketones (excluding diaryl/α,β-unsaturated/α-hetero) is 1. The summed E-state index contributed by atoms with van der Waals surface area (Å²) in [5, 5.41) is 19.5. The zero-order valence-electron chi connectivity index (χ0n) is 22.1. The minimum atomic E-state index is -0.378. The van der Waals surface area contributed by atoms with Gasteiger partial charge in [-0.2, -0.15) is 0 Å². The molecule has 38 heavy (non-hydrogen) atoms. The zero-order chi connectivity index (χ0) is 26.4. The van der Waals surface area contributed by atoms with E-state index in [-0.39, 0.29) is 28.4 Å². The lowest BCUT2D eigenvalue weighted by atomic mass is 9.73. The summed E-state index contributed by atoms with van der Waals surface area (Å²) < 4.78 is 0. The van der Waals surface area contributed by atoms with E-state index in [1.165, 1.54) is 32.7 Å². The first-order chi connectivity index (χ1) is 18.2. The van der Waals surface area contributed by atoms with Crippen molar-refractivity contribution in [2.45, 2.75) is 51.0 Å². The number of allylic oxidation sites excluding steroid dienone is 2. The third-order valence-electron chi connectivity index (χ3n) is 8.94. The molecule has 0 amide bonds. The van der Waals surface area contributed by atoms with E-state index in [2.05, 4.69) is 87.6 Å². The van der Waals surface area contributed by atoms with Crippen LogP contribution in [0.3, 0.4) is 0 Å². The number of ketones is 1. The Kier molecular flexibility index (Phi) is 4.64. The van der Waals surface area contributed by atoms with Crippen molar-refractivity contribution in [2.75, 3.05) is 5.32 Å². The molecule has 1 aliphatic carbocycles. The van der Waals surface area contributed by atoms with Gasteiger partial charge in [0.2, 0.25) is 0 Å². The Morgan fingerprint density at radius 2 is 1.50 bits per heavy atom. The number of carbonyl (C=O) groups is 1. The van der Waals surface area contributed by atoms with Gasteiger partial charge in [0.25, 0.3) is 0 Å². The fraction of sp³-hybridized carbons (Fsp3) is 0.235. The summed E-state index contributed by atoms with van der Waals surface area (Å²) in [7, 11) is 0. The number of aliphatic hydroxyl groups is 1. The van der Waals surface area contributed by atoms with Crippen molar-refractivity contribution >= 4 is 44.4 Å². The Hall–Kier alpha value is -4.18. The van der Waals surface area contributed by atoms with E-state index in [0.29, 0.717) is 17.6 Å². The van der Waals surface area contributed by atoms with Crippen LogP contribution in [0, 0.1) is 0 Å². The summed E-state index contributed by atoms with van der Waals surface area (Å²) in [6.07, 6.45) is 2.27. The maximum atomic E-state index is 13.4. The molecule has 0 fully saturated rings. The Balaban J connectivity index is 1.20. The molecule has 0 saturated heterocycles. The predicted octanol–water partition coefficient (Wildman–Crippen LogP) is 7.84. The van der Waals surface area contributed by atoms with Crippen LogP contribution in [-0.4, -0.2) is 22.6 Å². The van der Waals surface area contributed by atoms with Crippen molar-refractivity contribution in [2.24, 2.45) is 4.99 Å². The summed E-state index contributed by atoms with van der Waals surface area (Å²) in [5.74, 6) is 0.0213. The van der Waals surface area contributed by atoms with Gasteiger partial charge in [0, 0.05) is 34.6 Å². The molecule has 4 aromatic carbocycles. The molecule has 0 saturated carbocycles. The molecular formula is C34H30N2O2. The van der Waals surface area contributed by atoms with Crippen LogP contribution in [0.2, 0.25) is 0 Å². The van der Waals surface area contributed by atoms with Gasteiger partial charge in [-0.25, -0.2) is 0 Å². The average Bonchev–Trinajstić information content (AvgIpc) is 3.33. The number of aliphatic hydroxyl groups excluding tert-OH is 1. The lowest BCUT2D eigenvalue weighted by Crippen LogP contribution is -2.37. The molecule has 3 aliphatic rings. The highest BCUT2D eigenvalue weighted by Crippen LogP contribution is 2.49. The predicted molar refractivity (Wildman–Crippen MR) is 156 cm³/mol. The molecule has 1 unspecified atom stereocenters. The quantitative estimate of drug-likeness (QED) is 0.283. The summed E-state index contributed by atoms with van der Waals surface area (Å²) >= 11 is 0. The SMILES string of the molecule is CC1(C)C(/C=C2/C(=O)C(CC3Nc4ccc5ccccc5c4C3(C)C)=C2O)=Nc2ccc3ccccc3c21. The molecule has 2 aliphatic heterocycles. The molecule has 2 N–H and O–H groups in total. The summed E-state index contributed by atoms with van der Waals surface area (Å²) in [6, 6.07) is 25.2. The van der Waals surface area contributed by atoms with Crippen molar-refractivity contribution in [3.05, 3.63) is 107 Å². The van der Waals surface area contributed by atoms with Crippen molar-refractivity contribution in [1.82, 2.24) is 0 Å². The fourth-order valence-electron chi connectivity index (χ4n) is 6.70. The van der Waals surface area contributed by atoms with Crippen LogP contribution in [-0.2, 0) is 15.6 Å². The molecule has 4 heteroatoms. The smallest absolute Gasteiger partial charge is 0.196 e. The third kappa shape index (κ3) is 3.03. The molecule has 7 rings (SSSR count). The van der Waals surface area contributed by atoms with Gasteiger partial charge in [0.15, 0.2) is 5.78 Å². The molecule has 4 aromatic rings. The number of carbonyl (C=O) groups excluding carboxylic acids is 1. The first-order valence-corrected chi connectivity index (χ1v) is 13.3. The van der Waals surface area contributed by atoms with E-state index in [1.54, 1.807) is 6.08 Å². The Morgan fingerprint density at radius 1 is 0.868 bits per heavy atom. The van der Waals surface area contributed by atoms with Crippen molar-refractivity contribution in [1.29, 1.82) is 0 Å². The monoisotopic (exact) mass is 498 g/mol. The Bertz CT molecular complexity index is 1800. The van der Waals surface area contributed by atoms with Crippen molar-refractivity contribution in [3.8, 4) is 0 Å². The molecule has 188 valence electrons. The molecule has 0 aromatic heterocycles. The minimum absolute atomic E-state index is 0.00170. The number of rotatable bonds is 3. The second-order valence-corrected chi connectivity index (χ2v) is 11.8. The van der Waals surface area contributed by atoms with Gasteiger partial charge in [-0.1, -0.05) is 88.4 Å². The van der Waals surface area contributed by atoms with Gasteiger partial charge < -0.3 is 10.4 Å². The lowest BCUT2D eigenvalue weighted by molar-refractivity contribution is -0.114. The highest BCUT2D eigenvalue weighted by atomic mass is 16.3. The van der Waals surface area contributed by atoms with Crippen molar-refractivity contribution in [3.63, 3.8) is 0 Å². The van der Waals surface area contributed by atoms with Crippen LogP contribution >= 0.6 is 0 Å². The number of hydrogen-bond donors (Lipinski definition) is 2.